The highest BCUT2D eigenvalue weighted by molar-refractivity contribution is 7.14. The lowest BCUT2D eigenvalue weighted by Crippen LogP contribution is -2.37. The second-order valence-electron chi connectivity index (χ2n) is 6.03. The van der Waals surface area contributed by atoms with E-state index in [1.807, 2.05) is 12.3 Å². The maximum absolute atomic E-state index is 13.1. The largest absolute Gasteiger partial charge is 0.371 e. The molecule has 5 nitrogen and oxygen atoms in total. The average molecular weight is 363 g/mol. The second kappa shape index (κ2) is 8.03. The van der Waals surface area contributed by atoms with Crippen molar-refractivity contribution in [3.8, 4) is 0 Å². The first-order valence-electron chi connectivity index (χ1n) is 8.38. The number of morpholine rings is 1. The number of hydrogen-bond donors (Lipinski definition) is 0. The summed E-state index contributed by atoms with van der Waals surface area (Å²) in [6.45, 7) is 7.03. The van der Waals surface area contributed by atoms with Crippen LogP contribution < -0.4 is 4.90 Å². The van der Waals surface area contributed by atoms with Gasteiger partial charge in [0.15, 0.2) is 5.13 Å². The van der Waals surface area contributed by atoms with Crippen LogP contribution in [0.25, 0.3) is 0 Å². The van der Waals surface area contributed by atoms with E-state index in [0.29, 0.717) is 19.7 Å². The Hall–Kier alpha value is -1.83. The van der Waals surface area contributed by atoms with Gasteiger partial charge in [0.05, 0.1) is 18.4 Å². The molecular formula is C18H22FN3O2S. The number of hydrogen-bond acceptors (Lipinski definition) is 5. The third-order valence-electron chi connectivity index (χ3n) is 4.24. The number of carbonyl (C=O) groups excluding carboxylic acids is 1. The zero-order valence-electron chi connectivity index (χ0n) is 14.4. The minimum absolute atomic E-state index is 0.00569. The van der Waals surface area contributed by atoms with Gasteiger partial charge in [0.2, 0.25) is 5.91 Å². The number of anilines is 1. The average Bonchev–Trinajstić information content (AvgIpc) is 3.04. The molecule has 0 aliphatic carbocycles. The first-order chi connectivity index (χ1) is 12.1. The molecule has 1 saturated heterocycles. The molecule has 0 unspecified atom stereocenters. The molecule has 0 bridgehead atoms. The molecule has 3 rings (SSSR count). The van der Waals surface area contributed by atoms with Crippen LogP contribution in [0.4, 0.5) is 9.52 Å². The summed E-state index contributed by atoms with van der Waals surface area (Å²) in [4.78, 5) is 20.2. The van der Waals surface area contributed by atoms with Gasteiger partial charge in [0.1, 0.15) is 5.82 Å². The van der Waals surface area contributed by atoms with Crippen LogP contribution in [0.1, 0.15) is 31.2 Å². The van der Waals surface area contributed by atoms with Gasteiger partial charge in [-0.1, -0.05) is 12.1 Å². The van der Waals surface area contributed by atoms with Gasteiger partial charge in [-0.2, -0.15) is 0 Å². The van der Waals surface area contributed by atoms with Crippen molar-refractivity contribution in [1.82, 2.24) is 9.88 Å². The number of ether oxygens (including phenoxy) is 1. The monoisotopic (exact) mass is 363 g/mol. The molecule has 2 aromatic rings. The number of rotatable bonds is 5. The molecule has 25 heavy (non-hydrogen) atoms. The van der Waals surface area contributed by atoms with E-state index in [4.69, 9.17) is 4.74 Å². The van der Waals surface area contributed by atoms with Crippen LogP contribution in [-0.4, -0.2) is 42.0 Å². The molecule has 2 heterocycles. The molecule has 0 radical (unpaired) electrons. The number of amides is 1. The number of thiazole rings is 1. The predicted octanol–water partition coefficient (Wildman–Crippen LogP) is 3.23. The normalized spacial score (nSPS) is 18.3. The summed E-state index contributed by atoms with van der Waals surface area (Å²) >= 11 is 1.49. The summed E-state index contributed by atoms with van der Waals surface area (Å²) in [6, 6.07) is 6.48. The predicted molar refractivity (Wildman–Crippen MR) is 96.2 cm³/mol. The van der Waals surface area contributed by atoms with Crippen LogP contribution in [-0.2, 0) is 16.1 Å². The molecule has 1 aliphatic rings. The maximum Gasteiger partial charge on any atom is 0.225 e. The van der Waals surface area contributed by atoms with E-state index in [2.05, 4.69) is 9.88 Å². The topological polar surface area (TPSA) is 45.7 Å². The van der Waals surface area contributed by atoms with E-state index in [1.165, 1.54) is 23.5 Å². The number of benzene rings is 1. The van der Waals surface area contributed by atoms with Crippen LogP contribution in [0.3, 0.4) is 0 Å². The fraction of sp³-hybridized carbons (Fsp3) is 0.444. The standard InChI is InChI=1S/C18H22FN3O2S/c1-3-22(13(2)23)18-20-16(12-25-18)10-21-8-9-24-17(11-21)14-4-6-15(19)7-5-14/h4-7,12,17H,3,8-11H2,1-2H3/t17-/m0/s1. The summed E-state index contributed by atoms with van der Waals surface area (Å²) in [5.74, 6) is -0.233. The molecule has 0 spiro atoms. The smallest absolute Gasteiger partial charge is 0.225 e. The van der Waals surface area contributed by atoms with Crippen molar-refractivity contribution in [2.24, 2.45) is 0 Å². The van der Waals surface area contributed by atoms with Gasteiger partial charge in [0.25, 0.3) is 0 Å². The summed E-state index contributed by atoms with van der Waals surface area (Å²) in [7, 11) is 0. The van der Waals surface area contributed by atoms with Crippen LogP contribution in [0.2, 0.25) is 0 Å². The molecule has 1 aliphatic heterocycles. The Morgan fingerprint density at radius 3 is 2.88 bits per heavy atom. The molecule has 1 amide bonds. The van der Waals surface area contributed by atoms with Gasteiger partial charge >= 0.3 is 0 Å². The highest BCUT2D eigenvalue weighted by atomic mass is 32.1. The number of halogens is 1. The van der Waals surface area contributed by atoms with E-state index in [9.17, 15) is 9.18 Å². The lowest BCUT2D eigenvalue weighted by atomic mass is 10.1. The Balaban J connectivity index is 1.64. The van der Waals surface area contributed by atoms with E-state index in [-0.39, 0.29) is 17.8 Å². The van der Waals surface area contributed by atoms with Gasteiger partial charge in [-0.3, -0.25) is 14.6 Å². The number of carbonyl (C=O) groups is 1. The Kier molecular flexibility index (Phi) is 5.78. The maximum atomic E-state index is 13.1. The highest BCUT2D eigenvalue weighted by Crippen LogP contribution is 2.25. The number of aromatic nitrogens is 1. The zero-order valence-corrected chi connectivity index (χ0v) is 15.3. The summed E-state index contributed by atoms with van der Waals surface area (Å²) in [5, 5.41) is 2.75. The van der Waals surface area contributed by atoms with E-state index in [1.54, 1.807) is 24.0 Å². The van der Waals surface area contributed by atoms with Crippen molar-refractivity contribution in [2.45, 2.75) is 26.5 Å². The molecule has 7 heteroatoms. The summed E-state index contributed by atoms with van der Waals surface area (Å²) < 4.78 is 18.9. The number of nitrogens with zero attached hydrogens (tertiary/aromatic N) is 3. The Morgan fingerprint density at radius 1 is 1.44 bits per heavy atom. The van der Waals surface area contributed by atoms with Crippen LogP contribution in [0, 0.1) is 5.82 Å². The van der Waals surface area contributed by atoms with Gasteiger partial charge in [-0.15, -0.1) is 11.3 Å². The van der Waals surface area contributed by atoms with Gasteiger partial charge in [-0.05, 0) is 24.6 Å². The summed E-state index contributed by atoms with van der Waals surface area (Å²) in [6.07, 6.45) is -0.0585. The SMILES string of the molecule is CCN(C(C)=O)c1nc(CN2CCO[C@H](c3ccc(F)cc3)C2)cs1. The Bertz CT molecular complexity index is 719. The molecule has 1 aromatic heterocycles. The van der Waals surface area contributed by atoms with Gasteiger partial charge in [-0.25, -0.2) is 9.37 Å². The van der Waals surface area contributed by atoms with Crippen LogP contribution in [0.15, 0.2) is 29.6 Å². The highest BCUT2D eigenvalue weighted by Gasteiger charge is 2.23. The van der Waals surface area contributed by atoms with E-state index < -0.39 is 0 Å². The third kappa shape index (κ3) is 4.42. The minimum Gasteiger partial charge on any atom is -0.371 e. The molecule has 0 saturated carbocycles. The Labute approximate surface area is 151 Å². The fourth-order valence-electron chi connectivity index (χ4n) is 2.94. The van der Waals surface area contributed by atoms with Crippen molar-refractivity contribution < 1.29 is 13.9 Å². The molecule has 134 valence electrons. The molecule has 1 atom stereocenters. The zero-order chi connectivity index (χ0) is 17.8. The van der Waals surface area contributed by atoms with Gasteiger partial charge < -0.3 is 4.74 Å². The first kappa shape index (κ1) is 18.0. The minimum atomic E-state index is -0.239. The quantitative estimate of drug-likeness (QED) is 0.818. The van der Waals surface area contributed by atoms with Gasteiger partial charge in [0, 0.05) is 38.5 Å². The lowest BCUT2D eigenvalue weighted by molar-refractivity contribution is -0.116. The first-order valence-corrected chi connectivity index (χ1v) is 9.26. The van der Waals surface area contributed by atoms with Crippen LogP contribution >= 0.6 is 11.3 Å². The van der Waals surface area contributed by atoms with E-state index >= 15 is 0 Å². The van der Waals surface area contributed by atoms with Crippen LogP contribution in [0.5, 0.6) is 0 Å². The van der Waals surface area contributed by atoms with Crippen molar-refractivity contribution in [1.29, 1.82) is 0 Å². The van der Waals surface area contributed by atoms with Crippen molar-refractivity contribution >= 4 is 22.4 Å². The molecule has 1 aromatic carbocycles. The summed E-state index contributed by atoms with van der Waals surface area (Å²) in [5.41, 5.74) is 1.94. The van der Waals surface area contributed by atoms with E-state index in [0.717, 1.165) is 29.5 Å². The molecule has 1 fully saturated rings. The fourth-order valence-corrected chi connectivity index (χ4v) is 3.86. The lowest BCUT2D eigenvalue weighted by Gasteiger charge is -2.32. The molecule has 0 N–H and O–H groups in total. The molecular weight excluding hydrogens is 341 g/mol. The Morgan fingerprint density at radius 2 is 2.20 bits per heavy atom. The second-order valence-corrected chi connectivity index (χ2v) is 6.87. The van der Waals surface area contributed by atoms with Crippen molar-refractivity contribution in [2.75, 3.05) is 31.1 Å². The van der Waals surface area contributed by atoms with Crippen molar-refractivity contribution in [3.63, 3.8) is 0 Å². The third-order valence-corrected chi connectivity index (χ3v) is 5.16. The van der Waals surface area contributed by atoms with Crippen molar-refractivity contribution in [3.05, 3.63) is 46.7 Å².